The number of rotatable bonds is 26. The molecule has 62 heavy (non-hydrogen) atoms. The number of para-hydroxylation sites is 1. The van der Waals surface area contributed by atoms with Crippen LogP contribution < -0.4 is 32.6 Å². The molecular weight excluding hydrogens is 856 g/mol. The summed E-state index contributed by atoms with van der Waals surface area (Å²) in [7, 11) is -8.22. The van der Waals surface area contributed by atoms with Crippen molar-refractivity contribution in [2.45, 2.75) is 59.2 Å². The van der Waals surface area contributed by atoms with Gasteiger partial charge in [0.05, 0.1) is 62.7 Å². The van der Waals surface area contributed by atoms with Gasteiger partial charge in [-0.25, -0.2) is 23.9 Å². The van der Waals surface area contributed by atoms with Crippen molar-refractivity contribution >= 4 is 67.8 Å². The van der Waals surface area contributed by atoms with E-state index in [0.29, 0.717) is 11.4 Å². The number of carboxylic acid groups (broad SMARTS) is 1. The van der Waals surface area contributed by atoms with Gasteiger partial charge >= 0.3 is 21.6 Å². The molecule has 0 aliphatic heterocycles. The van der Waals surface area contributed by atoms with Gasteiger partial charge in [-0.15, -0.1) is 0 Å². The molecule has 0 aliphatic carbocycles. The normalized spacial score (nSPS) is 12.6. The smallest absolute Gasteiger partial charge is 0.475 e. The first-order chi connectivity index (χ1) is 29.6. The topological polar surface area (TPSA) is 324 Å². The third-order valence-electron chi connectivity index (χ3n) is 8.15. The predicted molar refractivity (Wildman–Crippen MR) is 224 cm³/mol. The molecule has 0 saturated carbocycles. The molecule has 2 aromatic heterocycles. The molecule has 25 heteroatoms. The van der Waals surface area contributed by atoms with Gasteiger partial charge in [-0.1, -0.05) is 12.1 Å². The molecule has 4 rings (SSSR count). The number of nitrogen functional groups attached to an aromatic ring is 1. The van der Waals surface area contributed by atoms with E-state index in [9.17, 15) is 38.2 Å². The van der Waals surface area contributed by atoms with Crippen LogP contribution in [0.4, 0.5) is 17.3 Å². The van der Waals surface area contributed by atoms with E-state index in [1.54, 1.807) is 45.9 Å². The molecular formula is C37H49N9O14P2. The summed E-state index contributed by atoms with van der Waals surface area (Å²) in [6.45, 7) is 5.46. The number of nitrogens with zero attached hydrogens (tertiary/aromatic N) is 3. The van der Waals surface area contributed by atoms with E-state index in [2.05, 4.69) is 41.2 Å². The average Bonchev–Trinajstić information content (AvgIpc) is 3.23. The number of phosphoric ester groups is 2. The minimum Gasteiger partial charge on any atom is -0.480 e. The van der Waals surface area contributed by atoms with E-state index in [-0.39, 0.29) is 86.3 Å². The zero-order valence-electron chi connectivity index (χ0n) is 34.3. The molecule has 0 bridgehead atoms. The van der Waals surface area contributed by atoms with Gasteiger partial charge in [-0.3, -0.25) is 51.3 Å². The first kappa shape index (κ1) is 49.0. The highest BCUT2D eigenvalue weighted by atomic mass is 31.2. The molecule has 0 spiro atoms. The van der Waals surface area contributed by atoms with Gasteiger partial charge in [-0.2, -0.15) is 4.98 Å². The maximum absolute atomic E-state index is 13.4. The van der Waals surface area contributed by atoms with Crippen LogP contribution in [0, 0.1) is 0 Å². The first-order valence-electron chi connectivity index (χ1n) is 19.3. The number of anilines is 3. The Bertz CT molecular complexity index is 2310. The number of carbonyl (C=O) groups excluding carboxylic acids is 3. The molecule has 2 atom stereocenters. The number of aliphatic carboxylic acids is 1. The summed E-state index contributed by atoms with van der Waals surface area (Å²) in [5, 5.41) is 20.5. The fourth-order valence-electron chi connectivity index (χ4n) is 5.39. The van der Waals surface area contributed by atoms with Gasteiger partial charge in [0, 0.05) is 24.2 Å². The summed E-state index contributed by atoms with van der Waals surface area (Å²) >= 11 is 0. The number of fused-ring (bicyclic) bond motifs is 1. The number of nitrogens with one attached hydrogen (secondary N) is 5. The lowest BCUT2D eigenvalue weighted by Gasteiger charge is -2.25. The predicted octanol–water partition coefficient (Wildman–Crippen LogP) is 4.00. The van der Waals surface area contributed by atoms with Crippen LogP contribution in [0.1, 0.15) is 66.9 Å². The monoisotopic (exact) mass is 905 g/mol. The van der Waals surface area contributed by atoms with Crippen LogP contribution in [0.15, 0.2) is 59.5 Å². The van der Waals surface area contributed by atoms with Crippen LogP contribution in [0.2, 0.25) is 0 Å². The second-order valence-corrected chi connectivity index (χ2v) is 16.0. The lowest BCUT2D eigenvalue weighted by Crippen LogP contribution is -2.41. The molecule has 336 valence electrons. The van der Waals surface area contributed by atoms with Gasteiger partial charge < -0.3 is 32.1 Å². The maximum Gasteiger partial charge on any atom is 0.475 e. The summed E-state index contributed by atoms with van der Waals surface area (Å²) in [6.07, 6.45) is -0.491. The van der Waals surface area contributed by atoms with Crippen molar-refractivity contribution in [1.82, 2.24) is 30.6 Å². The number of H-pyrrole nitrogens is 1. The lowest BCUT2D eigenvalue weighted by atomic mass is 10.1. The molecule has 2 aromatic carbocycles. The number of hydrogen-bond donors (Lipinski definition) is 7. The number of carbonyl (C=O) groups is 4. The van der Waals surface area contributed by atoms with Crippen molar-refractivity contribution in [2.24, 2.45) is 0 Å². The standard InChI is InChI=1S/C37H49N9O14P2/c1-5-55-61(53,56-6-2)59-22-26(60-62(54,57-7-3)58-8-4)21-41-34(49)27-11-9-10-12-28(27)43-30(47)18-17-29(36(51)52)44-33(48)23-13-15-24(16-14-23)39-19-25-20-40-32-31(42-25)35(50)46-37(38)45-32/h9-16,20,26,29,39H,5-8,17-19,21-22H2,1-4H3,(H,41,49)(H,43,47)(H,44,48)(H,51,52)(H3,38,40,45,46,50). The van der Waals surface area contributed by atoms with Gasteiger partial charge in [0.25, 0.3) is 17.4 Å². The molecule has 3 amide bonds. The minimum atomic E-state index is -4.17. The van der Waals surface area contributed by atoms with Crippen LogP contribution in [0.25, 0.3) is 11.2 Å². The molecule has 8 N–H and O–H groups in total. The van der Waals surface area contributed by atoms with Crippen molar-refractivity contribution in [3.63, 3.8) is 0 Å². The first-order valence-corrected chi connectivity index (χ1v) is 22.2. The van der Waals surface area contributed by atoms with Crippen molar-refractivity contribution < 1.29 is 60.6 Å². The SMILES string of the molecule is CCOP(=O)(OCC)OCC(CNC(=O)c1ccccc1NC(=O)CCC(NC(=O)c1ccc(NCc2cnc3nc(N)[nH]c(=O)c3n2)cc1)C(=O)O)OP(=O)(OCC)OCC. The van der Waals surface area contributed by atoms with Crippen LogP contribution in [-0.4, -0.2) is 100 Å². The number of benzene rings is 2. The zero-order chi connectivity index (χ0) is 45.3. The second kappa shape index (κ2) is 23.5. The fraction of sp³-hybridized carbons (Fsp3) is 0.405. The average molecular weight is 906 g/mol. The Hall–Kier alpha value is -5.64. The Morgan fingerprint density at radius 2 is 1.50 bits per heavy atom. The van der Waals surface area contributed by atoms with Crippen LogP contribution in [0.5, 0.6) is 0 Å². The summed E-state index contributed by atoms with van der Waals surface area (Å²) in [6, 6.07) is 10.6. The molecule has 23 nitrogen and oxygen atoms in total. The number of aromatic amines is 1. The van der Waals surface area contributed by atoms with Gasteiger partial charge in [0.15, 0.2) is 11.2 Å². The molecule has 0 aliphatic rings. The summed E-state index contributed by atoms with van der Waals surface area (Å²) in [5.41, 5.74) is 6.35. The molecule has 4 aromatic rings. The van der Waals surface area contributed by atoms with Crippen molar-refractivity contribution in [3.8, 4) is 0 Å². The Kier molecular flexibility index (Phi) is 18.6. The zero-order valence-corrected chi connectivity index (χ0v) is 36.1. The molecule has 2 heterocycles. The maximum atomic E-state index is 13.4. The number of phosphoric acid groups is 2. The Morgan fingerprint density at radius 1 is 0.855 bits per heavy atom. The van der Waals surface area contributed by atoms with E-state index in [4.69, 9.17) is 32.9 Å². The second-order valence-electron chi connectivity index (χ2n) is 12.7. The van der Waals surface area contributed by atoms with Gasteiger partial charge in [0.1, 0.15) is 12.1 Å². The number of hydrogen-bond acceptors (Lipinski definition) is 18. The van der Waals surface area contributed by atoms with E-state index in [0.717, 1.165) is 0 Å². The van der Waals surface area contributed by atoms with Gasteiger partial charge in [0.2, 0.25) is 11.9 Å². The van der Waals surface area contributed by atoms with Crippen molar-refractivity contribution in [2.75, 3.05) is 55.9 Å². The summed E-state index contributed by atoms with van der Waals surface area (Å²) in [4.78, 5) is 78.4. The lowest BCUT2D eigenvalue weighted by molar-refractivity contribution is -0.139. The summed E-state index contributed by atoms with van der Waals surface area (Å²) < 4.78 is 57.9. The number of aromatic nitrogens is 4. The van der Waals surface area contributed by atoms with Crippen LogP contribution in [-0.2, 0) is 52.4 Å². The Balaban J connectivity index is 1.33. The van der Waals surface area contributed by atoms with E-state index >= 15 is 0 Å². The highest BCUT2D eigenvalue weighted by Gasteiger charge is 2.34. The highest BCUT2D eigenvalue weighted by molar-refractivity contribution is 7.48. The van der Waals surface area contributed by atoms with E-state index in [1.807, 2.05) is 0 Å². The van der Waals surface area contributed by atoms with E-state index in [1.165, 1.54) is 36.5 Å². The van der Waals surface area contributed by atoms with Crippen molar-refractivity contribution in [3.05, 3.63) is 81.9 Å². The van der Waals surface area contributed by atoms with Crippen molar-refractivity contribution in [1.29, 1.82) is 0 Å². The minimum absolute atomic E-state index is 0.00278. The summed E-state index contributed by atoms with van der Waals surface area (Å²) in [5.74, 6) is -3.54. The third kappa shape index (κ3) is 14.8. The Labute approximate surface area is 355 Å². The largest absolute Gasteiger partial charge is 0.480 e. The number of carboxylic acids is 1. The molecule has 2 unspecified atom stereocenters. The van der Waals surface area contributed by atoms with Crippen LogP contribution >= 0.6 is 15.6 Å². The fourth-order valence-corrected chi connectivity index (χ4v) is 7.93. The molecule has 0 radical (unpaired) electrons. The van der Waals surface area contributed by atoms with Crippen LogP contribution in [0.3, 0.4) is 0 Å². The Morgan fingerprint density at radius 3 is 2.15 bits per heavy atom. The highest BCUT2D eigenvalue weighted by Crippen LogP contribution is 2.52. The molecule has 0 saturated heterocycles. The van der Waals surface area contributed by atoms with Gasteiger partial charge in [-0.05, 0) is 70.5 Å². The van der Waals surface area contributed by atoms with E-state index < -0.39 is 63.6 Å². The number of amides is 3. The quantitative estimate of drug-likeness (QED) is 0.0438. The number of nitrogens with two attached hydrogens (primary N) is 1. The third-order valence-corrected chi connectivity index (χ3v) is 11.5. The molecule has 0 fully saturated rings.